The van der Waals surface area contributed by atoms with Crippen molar-refractivity contribution in [3.8, 4) is 17.2 Å². The minimum absolute atomic E-state index is 0.191. The number of hydrogen-bond donors (Lipinski definition) is 6. The largest absolute Gasteiger partial charge is 0.508 e. The van der Waals surface area contributed by atoms with Crippen molar-refractivity contribution >= 4 is 12.0 Å². The Kier molecular flexibility index (Phi) is 8.85. The highest BCUT2D eigenvalue weighted by atomic mass is 16.7. The minimum atomic E-state index is -1.56. The summed E-state index contributed by atoms with van der Waals surface area (Å²) in [7, 11) is 1.42. The summed E-state index contributed by atoms with van der Waals surface area (Å²) >= 11 is 0. The maximum atomic E-state index is 12.1. The predicted molar refractivity (Wildman–Crippen MR) is 121 cm³/mol. The molecule has 6 N–H and O–H groups in total. The van der Waals surface area contributed by atoms with Crippen molar-refractivity contribution in [2.24, 2.45) is 0 Å². The van der Waals surface area contributed by atoms with E-state index in [1.165, 1.54) is 13.2 Å². The van der Waals surface area contributed by atoms with Gasteiger partial charge in [-0.1, -0.05) is 18.2 Å². The Balaban J connectivity index is 1.58. The molecule has 0 aromatic heterocycles. The molecule has 2 aromatic rings. The third kappa shape index (κ3) is 6.46. The van der Waals surface area contributed by atoms with Gasteiger partial charge < -0.3 is 45.1 Å². The fourth-order valence-electron chi connectivity index (χ4n) is 3.40. The van der Waals surface area contributed by atoms with Crippen LogP contribution in [0.5, 0.6) is 17.2 Å². The standard InChI is InChI=1S/C24H29NO9/c1-32-18-12-15(5-9-20(28)25-11-10-14-2-6-16(27)7-3-14)4-8-17(18)33-24-23(31)22(30)21(29)19(13-26)34-24/h2-9,12,19,21-24,26-27,29-31H,10-11,13H2,1H3,(H,25,28)/t19-,21-,22-,23-,24-/m1/s1. The van der Waals surface area contributed by atoms with E-state index in [1.54, 1.807) is 48.5 Å². The molecule has 1 heterocycles. The lowest BCUT2D eigenvalue weighted by Crippen LogP contribution is -2.60. The number of rotatable bonds is 9. The molecular formula is C24H29NO9. The van der Waals surface area contributed by atoms with Crippen molar-refractivity contribution in [3.63, 3.8) is 0 Å². The number of amides is 1. The van der Waals surface area contributed by atoms with Gasteiger partial charge in [-0.25, -0.2) is 0 Å². The Hall–Kier alpha value is -3.15. The molecule has 0 saturated carbocycles. The van der Waals surface area contributed by atoms with Gasteiger partial charge in [-0.05, 0) is 47.9 Å². The van der Waals surface area contributed by atoms with E-state index in [4.69, 9.17) is 14.2 Å². The molecule has 0 spiro atoms. The van der Waals surface area contributed by atoms with Crippen LogP contribution in [0.2, 0.25) is 0 Å². The number of carbonyl (C=O) groups is 1. The zero-order valence-electron chi connectivity index (χ0n) is 18.6. The lowest BCUT2D eigenvalue weighted by molar-refractivity contribution is -0.277. The maximum Gasteiger partial charge on any atom is 0.244 e. The quantitative estimate of drug-likeness (QED) is 0.274. The number of ether oxygens (including phenoxy) is 3. The molecule has 0 radical (unpaired) electrons. The van der Waals surface area contributed by atoms with Gasteiger partial charge >= 0.3 is 0 Å². The smallest absolute Gasteiger partial charge is 0.244 e. The van der Waals surface area contributed by atoms with Crippen LogP contribution in [0.25, 0.3) is 6.08 Å². The molecule has 1 aliphatic rings. The molecule has 10 nitrogen and oxygen atoms in total. The molecule has 184 valence electrons. The van der Waals surface area contributed by atoms with Gasteiger partial charge in [0.1, 0.15) is 30.2 Å². The van der Waals surface area contributed by atoms with Crippen LogP contribution >= 0.6 is 0 Å². The molecule has 0 unspecified atom stereocenters. The summed E-state index contributed by atoms with van der Waals surface area (Å²) in [6, 6.07) is 11.6. The SMILES string of the molecule is COc1cc(C=CC(=O)NCCc2ccc(O)cc2)ccc1O[C@@H]1O[C@H](CO)[C@@H](O)[C@@H](O)[C@H]1O. The second-order valence-electron chi connectivity index (χ2n) is 7.77. The third-order valence-electron chi connectivity index (χ3n) is 5.36. The van der Waals surface area contributed by atoms with E-state index in [0.717, 1.165) is 5.56 Å². The summed E-state index contributed by atoms with van der Waals surface area (Å²) < 4.78 is 16.3. The summed E-state index contributed by atoms with van der Waals surface area (Å²) in [5.41, 5.74) is 1.63. The van der Waals surface area contributed by atoms with Gasteiger partial charge in [0.25, 0.3) is 0 Å². The molecule has 1 aliphatic heterocycles. The van der Waals surface area contributed by atoms with E-state index >= 15 is 0 Å². The first-order valence-corrected chi connectivity index (χ1v) is 10.7. The number of methoxy groups -OCH3 is 1. The average Bonchev–Trinajstić information content (AvgIpc) is 2.84. The molecule has 2 aromatic carbocycles. The Bertz CT molecular complexity index is 977. The lowest BCUT2D eigenvalue weighted by atomic mass is 9.99. The number of aliphatic hydroxyl groups excluding tert-OH is 4. The van der Waals surface area contributed by atoms with Crippen LogP contribution in [0.1, 0.15) is 11.1 Å². The van der Waals surface area contributed by atoms with E-state index in [1.807, 2.05) is 0 Å². The second-order valence-corrected chi connectivity index (χ2v) is 7.77. The first-order chi connectivity index (χ1) is 16.3. The molecule has 34 heavy (non-hydrogen) atoms. The van der Waals surface area contributed by atoms with Gasteiger partial charge in [-0.2, -0.15) is 0 Å². The molecule has 3 rings (SSSR count). The molecule has 5 atom stereocenters. The van der Waals surface area contributed by atoms with Crippen molar-refractivity contribution in [1.29, 1.82) is 0 Å². The number of nitrogens with one attached hydrogen (secondary N) is 1. The van der Waals surface area contributed by atoms with Gasteiger partial charge in [-0.15, -0.1) is 0 Å². The minimum Gasteiger partial charge on any atom is -0.508 e. The fraction of sp³-hybridized carbons (Fsp3) is 0.375. The number of aliphatic hydroxyl groups is 4. The molecule has 10 heteroatoms. The number of benzene rings is 2. The van der Waals surface area contributed by atoms with Gasteiger partial charge in [-0.3, -0.25) is 4.79 Å². The molecule has 1 fully saturated rings. The van der Waals surface area contributed by atoms with Crippen LogP contribution in [0.4, 0.5) is 0 Å². The molecule has 0 aliphatic carbocycles. The Morgan fingerprint density at radius 3 is 2.47 bits per heavy atom. The van der Waals surface area contributed by atoms with E-state index in [2.05, 4.69) is 5.32 Å². The van der Waals surface area contributed by atoms with Crippen molar-refractivity contribution in [3.05, 3.63) is 59.7 Å². The first-order valence-electron chi connectivity index (χ1n) is 10.7. The van der Waals surface area contributed by atoms with Crippen molar-refractivity contribution in [1.82, 2.24) is 5.32 Å². The molecule has 1 saturated heterocycles. The summed E-state index contributed by atoms with van der Waals surface area (Å²) in [6.07, 6.45) is -3.43. The monoisotopic (exact) mass is 475 g/mol. The van der Waals surface area contributed by atoms with Crippen LogP contribution in [0.3, 0.4) is 0 Å². The van der Waals surface area contributed by atoms with Crippen molar-refractivity contribution in [2.75, 3.05) is 20.3 Å². The normalized spacial score (nSPS) is 24.7. The van der Waals surface area contributed by atoms with Crippen LogP contribution in [-0.4, -0.2) is 82.4 Å². The van der Waals surface area contributed by atoms with E-state index in [-0.39, 0.29) is 23.2 Å². The topological polar surface area (TPSA) is 158 Å². The maximum absolute atomic E-state index is 12.1. The number of phenols is 1. The Morgan fingerprint density at radius 1 is 1.06 bits per heavy atom. The summed E-state index contributed by atoms with van der Waals surface area (Å²) in [5, 5.41) is 51.3. The number of hydrogen-bond acceptors (Lipinski definition) is 9. The van der Waals surface area contributed by atoms with E-state index in [0.29, 0.717) is 18.5 Å². The lowest BCUT2D eigenvalue weighted by Gasteiger charge is -2.39. The van der Waals surface area contributed by atoms with Crippen LogP contribution < -0.4 is 14.8 Å². The van der Waals surface area contributed by atoms with Crippen LogP contribution in [0.15, 0.2) is 48.5 Å². The van der Waals surface area contributed by atoms with Crippen molar-refractivity contribution < 1.29 is 44.5 Å². The fourth-order valence-corrected chi connectivity index (χ4v) is 3.40. The summed E-state index contributed by atoms with van der Waals surface area (Å²) in [5.74, 6) is 0.393. The van der Waals surface area contributed by atoms with Gasteiger partial charge in [0.15, 0.2) is 11.5 Å². The van der Waals surface area contributed by atoms with Gasteiger partial charge in [0.2, 0.25) is 12.2 Å². The number of aromatic hydroxyl groups is 1. The zero-order chi connectivity index (χ0) is 24.7. The average molecular weight is 475 g/mol. The van der Waals surface area contributed by atoms with Gasteiger partial charge in [0, 0.05) is 12.6 Å². The second kappa shape index (κ2) is 11.8. The predicted octanol–water partition coefficient (Wildman–Crippen LogP) is -0.0484. The Morgan fingerprint density at radius 2 is 1.79 bits per heavy atom. The van der Waals surface area contributed by atoms with Crippen LogP contribution in [-0.2, 0) is 16.0 Å². The summed E-state index contributed by atoms with van der Waals surface area (Å²) in [4.78, 5) is 12.1. The Labute approximate surface area is 196 Å². The van der Waals surface area contributed by atoms with Gasteiger partial charge in [0.05, 0.1) is 13.7 Å². The highest BCUT2D eigenvalue weighted by Crippen LogP contribution is 2.32. The van der Waals surface area contributed by atoms with Crippen molar-refractivity contribution in [2.45, 2.75) is 37.1 Å². The molecule has 1 amide bonds. The molecular weight excluding hydrogens is 446 g/mol. The van der Waals surface area contributed by atoms with Crippen LogP contribution in [0, 0.1) is 0 Å². The highest BCUT2D eigenvalue weighted by molar-refractivity contribution is 5.91. The van der Waals surface area contributed by atoms with E-state index < -0.39 is 37.3 Å². The first kappa shape index (κ1) is 25.5. The van der Waals surface area contributed by atoms with E-state index in [9.17, 15) is 30.3 Å². The third-order valence-corrected chi connectivity index (χ3v) is 5.36. The molecule has 0 bridgehead atoms. The number of phenolic OH excluding ortho intramolecular Hbond substituents is 1. The highest BCUT2D eigenvalue weighted by Gasteiger charge is 2.44. The zero-order valence-corrected chi connectivity index (χ0v) is 18.6. The number of carbonyl (C=O) groups excluding carboxylic acids is 1. The summed E-state index contributed by atoms with van der Waals surface area (Å²) in [6.45, 7) is -0.133.